The number of terminal acetylenes is 1. The van der Waals surface area contributed by atoms with Gasteiger partial charge in [0.25, 0.3) is 0 Å². The number of rotatable bonds is 0. The van der Waals surface area contributed by atoms with Gasteiger partial charge in [-0.1, -0.05) is 12.2 Å². The van der Waals surface area contributed by atoms with Gasteiger partial charge in [0, 0.05) is 5.92 Å². The van der Waals surface area contributed by atoms with Crippen LogP contribution in [0.4, 0.5) is 0 Å². The van der Waals surface area contributed by atoms with Crippen LogP contribution in [-0.4, -0.2) is 0 Å². The van der Waals surface area contributed by atoms with Crippen molar-refractivity contribution in [2.45, 2.75) is 6.42 Å². The maximum atomic E-state index is 5.24. The Kier molecular flexibility index (Phi) is 0.615. The maximum Gasteiger partial charge on any atom is 0.0303 e. The third-order valence-corrected chi connectivity index (χ3v) is 2.19. The third-order valence-electron chi connectivity index (χ3n) is 2.19. The minimum atomic E-state index is 0.611. The third kappa shape index (κ3) is 0.327. The largest absolute Gasteiger partial charge is 0.120 e. The fourth-order valence-corrected chi connectivity index (χ4v) is 1.59. The molecule has 3 atom stereocenters. The molecule has 8 heavy (non-hydrogen) atoms. The van der Waals surface area contributed by atoms with Crippen LogP contribution in [0, 0.1) is 30.1 Å². The average molecular weight is 104 g/mol. The summed E-state index contributed by atoms with van der Waals surface area (Å²) in [6, 6.07) is 0. The molecule has 0 unspecified atom stereocenters. The van der Waals surface area contributed by atoms with Crippen LogP contribution in [0.15, 0.2) is 12.2 Å². The van der Waals surface area contributed by atoms with Crippen LogP contribution in [0.5, 0.6) is 0 Å². The molecule has 0 N–H and O–H groups in total. The van der Waals surface area contributed by atoms with Gasteiger partial charge in [-0.25, -0.2) is 0 Å². The summed E-state index contributed by atoms with van der Waals surface area (Å²) in [5.41, 5.74) is 0. The Morgan fingerprint density at radius 3 is 2.88 bits per heavy atom. The lowest BCUT2D eigenvalue weighted by atomic mass is 10.2. The van der Waals surface area contributed by atoms with Crippen LogP contribution in [0.2, 0.25) is 0 Å². The molecule has 1 saturated carbocycles. The zero-order chi connectivity index (χ0) is 5.56. The van der Waals surface area contributed by atoms with Crippen molar-refractivity contribution in [1.29, 1.82) is 0 Å². The van der Waals surface area contributed by atoms with E-state index in [0.29, 0.717) is 5.92 Å². The standard InChI is InChI=1S/C8H8/c1-2-6-7-4-3-5-8(6)7/h1,3-4,6-8H,5H2/t6-,7+,8-/m0/s1. The van der Waals surface area contributed by atoms with Gasteiger partial charge in [0.05, 0.1) is 0 Å². The molecule has 0 aliphatic heterocycles. The number of allylic oxidation sites excluding steroid dienone is 2. The van der Waals surface area contributed by atoms with Gasteiger partial charge in [-0.3, -0.25) is 0 Å². The summed E-state index contributed by atoms with van der Waals surface area (Å²) in [4.78, 5) is 0. The van der Waals surface area contributed by atoms with Gasteiger partial charge in [0.15, 0.2) is 0 Å². The van der Waals surface area contributed by atoms with Gasteiger partial charge < -0.3 is 0 Å². The predicted molar refractivity (Wildman–Crippen MR) is 33.1 cm³/mol. The van der Waals surface area contributed by atoms with Crippen LogP contribution in [0.1, 0.15) is 6.42 Å². The van der Waals surface area contributed by atoms with E-state index in [0.717, 1.165) is 11.8 Å². The first-order chi connectivity index (χ1) is 3.93. The van der Waals surface area contributed by atoms with Crippen LogP contribution < -0.4 is 0 Å². The summed E-state index contributed by atoms with van der Waals surface area (Å²) in [7, 11) is 0. The Bertz CT molecular complexity index is 171. The second kappa shape index (κ2) is 1.17. The SMILES string of the molecule is C#C[C@H]1[C@H]2C=CC[C@@H]12. The molecule has 2 rings (SSSR count). The average Bonchev–Trinajstić information content (AvgIpc) is 2.22. The van der Waals surface area contributed by atoms with Crippen LogP contribution in [0.3, 0.4) is 0 Å². The Hall–Kier alpha value is -0.700. The fraction of sp³-hybridized carbons (Fsp3) is 0.500. The Morgan fingerprint density at radius 2 is 2.50 bits per heavy atom. The van der Waals surface area contributed by atoms with Crippen LogP contribution in [0.25, 0.3) is 0 Å². The topological polar surface area (TPSA) is 0 Å². The fourth-order valence-electron chi connectivity index (χ4n) is 1.59. The van der Waals surface area contributed by atoms with Crippen molar-refractivity contribution in [3.05, 3.63) is 12.2 Å². The normalized spacial score (nSPS) is 48.1. The van der Waals surface area contributed by atoms with Gasteiger partial charge in [-0.05, 0) is 18.3 Å². The van der Waals surface area contributed by atoms with Crippen molar-refractivity contribution in [1.82, 2.24) is 0 Å². The lowest BCUT2D eigenvalue weighted by Crippen LogP contribution is -1.74. The van der Waals surface area contributed by atoms with Crippen molar-refractivity contribution in [3.8, 4) is 12.3 Å². The van der Waals surface area contributed by atoms with E-state index in [1.807, 2.05) is 0 Å². The highest BCUT2D eigenvalue weighted by Crippen LogP contribution is 2.52. The summed E-state index contributed by atoms with van der Waals surface area (Å²) in [5.74, 6) is 5.03. The first-order valence-electron chi connectivity index (χ1n) is 3.06. The molecule has 40 valence electrons. The van der Waals surface area contributed by atoms with E-state index in [-0.39, 0.29) is 0 Å². The molecule has 0 aromatic carbocycles. The monoisotopic (exact) mass is 104 g/mol. The molecule has 0 heterocycles. The molecule has 0 heteroatoms. The molecule has 0 spiro atoms. The number of fused-ring (bicyclic) bond motifs is 1. The smallest absolute Gasteiger partial charge is 0.0303 e. The molecule has 0 aromatic rings. The number of hydrogen-bond acceptors (Lipinski definition) is 0. The van der Waals surface area contributed by atoms with Crippen LogP contribution >= 0.6 is 0 Å². The van der Waals surface area contributed by atoms with E-state index in [2.05, 4.69) is 18.1 Å². The van der Waals surface area contributed by atoms with Gasteiger partial charge in [-0.15, -0.1) is 12.3 Å². The van der Waals surface area contributed by atoms with Gasteiger partial charge in [0.1, 0.15) is 0 Å². The molecule has 0 saturated heterocycles. The summed E-state index contributed by atoms with van der Waals surface area (Å²) in [6.45, 7) is 0. The Balaban J connectivity index is 2.16. The summed E-state index contributed by atoms with van der Waals surface area (Å²) in [5, 5.41) is 0. The van der Waals surface area contributed by atoms with E-state index in [9.17, 15) is 0 Å². The Labute approximate surface area is 49.6 Å². The van der Waals surface area contributed by atoms with Crippen molar-refractivity contribution >= 4 is 0 Å². The quantitative estimate of drug-likeness (QED) is 0.322. The molecule has 0 nitrogen and oxygen atoms in total. The minimum Gasteiger partial charge on any atom is -0.120 e. The molecular weight excluding hydrogens is 96.1 g/mol. The summed E-state index contributed by atoms with van der Waals surface area (Å²) >= 11 is 0. The predicted octanol–water partition coefficient (Wildman–Crippen LogP) is 1.44. The second-order valence-corrected chi connectivity index (χ2v) is 2.60. The molecule has 0 amide bonds. The minimum absolute atomic E-state index is 0.611. The summed E-state index contributed by atoms with van der Waals surface area (Å²) < 4.78 is 0. The van der Waals surface area contributed by atoms with Crippen molar-refractivity contribution in [2.24, 2.45) is 17.8 Å². The molecular formula is C8H8. The first kappa shape index (κ1) is 4.21. The molecule has 0 bridgehead atoms. The lowest BCUT2D eigenvalue weighted by molar-refractivity contribution is 0.824. The second-order valence-electron chi connectivity index (χ2n) is 2.60. The van der Waals surface area contributed by atoms with E-state index in [1.165, 1.54) is 6.42 Å². The Morgan fingerprint density at radius 1 is 1.62 bits per heavy atom. The molecule has 0 aromatic heterocycles. The van der Waals surface area contributed by atoms with Gasteiger partial charge in [0.2, 0.25) is 0 Å². The van der Waals surface area contributed by atoms with Gasteiger partial charge in [-0.2, -0.15) is 0 Å². The zero-order valence-corrected chi connectivity index (χ0v) is 4.67. The highest BCUT2D eigenvalue weighted by Gasteiger charge is 2.48. The zero-order valence-electron chi connectivity index (χ0n) is 4.67. The molecule has 1 fully saturated rings. The van der Waals surface area contributed by atoms with E-state index < -0.39 is 0 Å². The van der Waals surface area contributed by atoms with Gasteiger partial charge >= 0.3 is 0 Å². The molecule has 2 aliphatic carbocycles. The molecule has 2 aliphatic rings. The first-order valence-corrected chi connectivity index (χ1v) is 3.06. The van der Waals surface area contributed by atoms with Crippen molar-refractivity contribution in [2.75, 3.05) is 0 Å². The van der Waals surface area contributed by atoms with Crippen LogP contribution in [-0.2, 0) is 0 Å². The summed E-state index contributed by atoms with van der Waals surface area (Å²) in [6.07, 6.45) is 11.0. The highest BCUT2D eigenvalue weighted by molar-refractivity contribution is 5.24. The van der Waals surface area contributed by atoms with E-state index in [1.54, 1.807) is 0 Å². The maximum absolute atomic E-state index is 5.24. The lowest BCUT2D eigenvalue weighted by Gasteiger charge is -1.82. The van der Waals surface area contributed by atoms with Crippen molar-refractivity contribution < 1.29 is 0 Å². The van der Waals surface area contributed by atoms with E-state index in [4.69, 9.17) is 6.42 Å². The molecule has 0 radical (unpaired) electrons. The number of hydrogen-bond donors (Lipinski definition) is 0. The van der Waals surface area contributed by atoms with E-state index >= 15 is 0 Å². The van der Waals surface area contributed by atoms with Crippen molar-refractivity contribution in [3.63, 3.8) is 0 Å². The highest BCUT2D eigenvalue weighted by atomic mass is 14.5.